The molecule has 4 heterocycles. The summed E-state index contributed by atoms with van der Waals surface area (Å²) in [4.78, 5) is 17.6. The van der Waals surface area contributed by atoms with Gasteiger partial charge in [0.15, 0.2) is 5.65 Å². The van der Waals surface area contributed by atoms with Crippen molar-refractivity contribution in [2.45, 2.75) is 6.54 Å². The van der Waals surface area contributed by atoms with E-state index in [1.165, 1.54) is 5.56 Å². The molecule has 1 N–H and O–H groups in total. The minimum atomic E-state index is 0.764. The third kappa shape index (κ3) is 2.91. The van der Waals surface area contributed by atoms with Gasteiger partial charge in [0.05, 0.1) is 5.39 Å². The van der Waals surface area contributed by atoms with Crippen LogP contribution in [-0.2, 0) is 6.54 Å². The molecular weight excluding hydrogens is 358 g/mol. The minimum Gasteiger partial charge on any atom is -0.353 e. The van der Waals surface area contributed by atoms with Crippen molar-refractivity contribution in [3.05, 3.63) is 41.0 Å². The van der Waals surface area contributed by atoms with Gasteiger partial charge in [0.2, 0.25) is 0 Å². The number of rotatable bonds is 3. The van der Waals surface area contributed by atoms with Gasteiger partial charge in [-0.3, -0.25) is 15.0 Å². The van der Waals surface area contributed by atoms with E-state index >= 15 is 0 Å². The maximum atomic E-state index is 4.47. The van der Waals surface area contributed by atoms with Crippen LogP contribution < -0.4 is 4.90 Å². The predicted octanol–water partition coefficient (Wildman–Crippen LogP) is 1.83. The molecule has 0 saturated carbocycles. The topological polar surface area (TPSA) is 73.8 Å². The average molecular weight is 374 g/mol. The van der Waals surface area contributed by atoms with Gasteiger partial charge in [-0.15, -0.1) is 0 Å². The van der Waals surface area contributed by atoms with Crippen LogP contribution in [0.25, 0.3) is 11.0 Å². The lowest BCUT2D eigenvalue weighted by Gasteiger charge is -2.35. The van der Waals surface area contributed by atoms with Crippen LogP contribution in [-0.4, -0.2) is 56.2 Å². The van der Waals surface area contributed by atoms with Crippen LogP contribution in [0.5, 0.6) is 0 Å². The quantitative estimate of drug-likeness (QED) is 0.754. The molecule has 1 aliphatic rings. The molecule has 4 rings (SSSR count). The number of piperazine rings is 1. The summed E-state index contributed by atoms with van der Waals surface area (Å²) in [5.74, 6) is 0.941. The smallest absolute Gasteiger partial charge is 0.161 e. The van der Waals surface area contributed by atoms with Crippen molar-refractivity contribution in [3.8, 4) is 0 Å². The fourth-order valence-electron chi connectivity index (χ4n) is 2.92. The highest BCUT2D eigenvalue weighted by atomic mass is 79.9. The number of nitrogens with one attached hydrogen (secondary N) is 1. The van der Waals surface area contributed by atoms with Gasteiger partial charge in [0, 0.05) is 45.1 Å². The van der Waals surface area contributed by atoms with Crippen molar-refractivity contribution in [2.24, 2.45) is 0 Å². The number of hydrogen-bond acceptors (Lipinski definition) is 6. The molecule has 0 bridgehead atoms. The van der Waals surface area contributed by atoms with Crippen LogP contribution in [0.4, 0.5) is 5.82 Å². The summed E-state index contributed by atoms with van der Waals surface area (Å²) in [7, 11) is 0. The molecule has 1 aliphatic heterocycles. The molecule has 23 heavy (non-hydrogen) atoms. The number of hydrogen-bond donors (Lipinski definition) is 1. The van der Waals surface area contributed by atoms with Gasteiger partial charge in [-0.05, 0) is 27.6 Å². The normalized spacial score (nSPS) is 16.1. The second-order valence-electron chi connectivity index (χ2n) is 5.56. The third-order valence-electron chi connectivity index (χ3n) is 4.09. The van der Waals surface area contributed by atoms with Crippen LogP contribution in [0.1, 0.15) is 5.56 Å². The zero-order chi connectivity index (χ0) is 15.6. The fourth-order valence-corrected chi connectivity index (χ4v) is 3.37. The predicted molar refractivity (Wildman–Crippen MR) is 91.1 cm³/mol. The van der Waals surface area contributed by atoms with E-state index in [2.05, 4.69) is 56.9 Å². The zero-order valence-electron chi connectivity index (χ0n) is 12.5. The van der Waals surface area contributed by atoms with E-state index in [9.17, 15) is 0 Å². The molecule has 3 aromatic rings. The molecule has 8 heteroatoms. The fraction of sp³-hybridized carbons (Fsp3) is 0.333. The van der Waals surface area contributed by atoms with Gasteiger partial charge in [-0.25, -0.2) is 9.97 Å². The molecule has 0 aromatic carbocycles. The highest BCUT2D eigenvalue weighted by molar-refractivity contribution is 9.10. The molecule has 0 radical (unpaired) electrons. The van der Waals surface area contributed by atoms with E-state index in [4.69, 9.17) is 0 Å². The first-order valence-electron chi connectivity index (χ1n) is 7.52. The van der Waals surface area contributed by atoms with Crippen LogP contribution in [0.3, 0.4) is 0 Å². The molecule has 0 amide bonds. The second kappa shape index (κ2) is 6.21. The third-order valence-corrected chi connectivity index (χ3v) is 4.67. The number of fused-ring (bicyclic) bond motifs is 1. The van der Waals surface area contributed by atoms with E-state index in [1.807, 2.05) is 18.5 Å². The molecule has 0 aliphatic carbocycles. The van der Waals surface area contributed by atoms with Gasteiger partial charge < -0.3 is 4.90 Å². The Morgan fingerprint density at radius 3 is 2.83 bits per heavy atom. The summed E-state index contributed by atoms with van der Waals surface area (Å²) in [5, 5.41) is 8.04. The minimum absolute atomic E-state index is 0.764. The summed E-state index contributed by atoms with van der Waals surface area (Å²) in [6.45, 7) is 4.80. The van der Waals surface area contributed by atoms with Crippen molar-refractivity contribution < 1.29 is 0 Å². The van der Waals surface area contributed by atoms with E-state index in [1.54, 1.807) is 6.33 Å². The van der Waals surface area contributed by atoms with Crippen LogP contribution in [0, 0.1) is 0 Å². The average Bonchev–Trinajstić information content (AvgIpc) is 2.98. The first kappa shape index (κ1) is 14.5. The van der Waals surface area contributed by atoms with E-state index in [0.29, 0.717) is 0 Å². The number of halogens is 1. The monoisotopic (exact) mass is 373 g/mol. The maximum Gasteiger partial charge on any atom is 0.161 e. The number of pyridine rings is 1. The van der Waals surface area contributed by atoms with Crippen molar-refractivity contribution in [1.82, 2.24) is 30.0 Å². The molecule has 1 fully saturated rings. The summed E-state index contributed by atoms with van der Waals surface area (Å²) >= 11 is 3.47. The number of anilines is 1. The Labute approximate surface area is 141 Å². The Bertz CT molecular complexity index is 796. The Balaban J connectivity index is 1.48. The lowest BCUT2D eigenvalue weighted by atomic mass is 10.2. The van der Waals surface area contributed by atoms with Gasteiger partial charge in [0.1, 0.15) is 16.7 Å². The van der Waals surface area contributed by atoms with Gasteiger partial charge in [-0.2, -0.15) is 5.10 Å². The van der Waals surface area contributed by atoms with E-state index in [0.717, 1.165) is 54.2 Å². The van der Waals surface area contributed by atoms with Crippen molar-refractivity contribution >= 4 is 32.8 Å². The maximum absolute atomic E-state index is 4.47. The van der Waals surface area contributed by atoms with Gasteiger partial charge >= 0.3 is 0 Å². The lowest BCUT2D eigenvalue weighted by Crippen LogP contribution is -2.46. The SMILES string of the molecule is Brc1n[nH]c2ncnc(N3CCN(Cc4cccnc4)CC3)c12. The molecule has 0 spiro atoms. The molecular formula is C15H16BrN7. The summed E-state index contributed by atoms with van der Waals surface area (Å²) < 4.78 is 0.765. The van der Waals surface area contributed by atoms with Gasteiger partial charge in [0.25, 0.3) is 0 Å². The molecule has 0 unspecified atom stereocenters. The number of nitrogens with zero attached hydrogens (tertiary/aromatic N) is 6. The molecule has 1 saturated heterocycles. The molecule has 3 aromatic heterocycles. The van der Waals surface area contributed by atoms with Crippen molar-refractivity contribution in [1.29, 1.82) is 0 Å². The van der Waals surface area contributed by atoms with Gasteiger partial charge in [-0.1, -0.05) is 6.07 Å². The lowest BCUT2D eigenvalue weighted by molar-refractivity contribution is 0.249. The van der Waals surface area contributed by atoms with E-state index in [-0.39, 0.29) is 0 Å². The highest BCUT2D eigenvalue weighted by Gasteiger charge is 2.22. The highest BCUT2D eigenvalue weighted by Crippen LogP contribution is 2.28. The molecule has 118 valence electrons. The molecule has 0 atom stereocenters. The Kier molecular flexibility index (Phi) is 3.92. The number of aromatic nitrogens is 5. The molecule has 7 nitrogen and oxygen atoms in total. The van der Waals surface area contributed by atoms with Crippen LogP contribution in [0.15, 0.2) is 35.5 Å². The van der Waals surface area contributed by atoms with Crippen LogP contribution in [0.2, 0.25) is 0 Å². The zero-order valence-corrected chi connectivity index (χ0v) is 14.1. The van der Waals surface area contributed by atoms with Crippen molar-refractivity contribution in [2.75, 3.05) is 31.1 Å². The Morgan fingerprint density at radius 2 is 2.04 bits per heavy atom. The first-order chi connectivity index (χ1) is 11.3. The standard InChI is InChI=1S/C15H16BrN7/c16-13-12-14(21-20-13)18-10-19-15(12)23-6-4-22(5-7-23)9-11-2-1-3-17-8-11/h1-3,8,10H,4-7,9H2,(H,18,19,20,21). The summed E-state index contributed by atoms with van der Waals surface area (Å²) in [6, 6.07) is 4.11. The Morgan fingerprint density at radius 1 is 1.17 bits per heavy atom. The summed E-state index contributed by atoms with van der Waals surface area (Å²) in [5.41, 5.74) is 2.02. The van der Waals surface area contributed by atoms with Crippen molar-refractivity contribution in [3.63, 3.8) is 0 Å². The van der Waals surface area contributed by atoms with E-state index < -0.39 is 0 Å². The Hall–Kier alpha value is -2.06. The number of aromatic amines is 1. The summed E-state index contributed by atoms with van der Waals surface area (Å²) in [6.07, 6.45) is 5.33. The second-order valence-corrected chi connectivity index (χ2v) is 6.31. The number of H-pyrrole nitrogens is 1. The van der Waals surface area contributed by atoms with Crippen LogP contribution >= 0.6 is 15.9 Å². The largest absolute Gasteiger partial charge is 0.353 e. The first-order valence-corrected chi connectivity index (χ1v) is 8.31.